The Labute approximate surface area is 129 Å². The monoisotopic (exact) mass is 287 g/mol. The summed E-state index contributed by atoms with van der Waals surface area (Å²) in [5.74, 6) is 0.800. The van der Waals surface area contributed by atoms with Crippen LogP contribution in [0.3, 0.4) is 0 Å². The summed E-state index contributed by atoms with van der Waals surface area (Å²) in [4.78, 5) is 0. The van der Waals surface area contributed by atoms with Crippen molar-refractivity contribution in [1.82, 2.24) is 5.32 Å². The Kier molecular flexibility index (Phi) is 5.32. The molecule has 0 bridgehead atoms. The molecule has 1 aliphatic carbocycles. The molecule has 3 rings (SSSR count). The lowest BCUT2D eigenvalue weighted by atomic mass is 9.78. The fourth-order valence-corrected chi connectivity index (χ4v) is 4.12. The van der Waals surface area contributed by atoms with Crippen molar-refractivity contribution in [2.24, 2.45) is 5.92 Å². The van der Waals surface area contributed by atoms with Crippen molar-refractivity contribution >= 4 is 0 Å². The molecule has 0 spiro atoms. The van der Waals surface area contributed by atoms with Crippen LogP contribution in [0.25, 0.3) is 0 Å². The summed E-state index contributed by atoms with van der Waals surface area (Å²) in [6.45, 7) is 0.986. The molecule has 1 heterocycles. The maximum atomic E-state index is 5.74. The van der Waals surface area contributed by atoms with Gasteiger partial charge in [-0.3, -0.25) is 0 Å². The van der Waals surface area contributed by atoms with Crippen LogP contribution in [0.2, 0.25) is 0 Å². The Morgan fingerprint density at radius 1 is 1.24 bits per heavy atom. The maximum absolute atomic E-state index is 5.74. The van der Waals surface area contributed by atoms with Gasteiger partial charge in [0.25, 0.3) is 0 Å². The lowest BCUT2D eigenvalue weighted by Gasteiger charge is -2.31. The minimum Gasteiger partial charge on any atom is -0.378 e. The fourth-order valence-electron chi connectivity index (χ4n) is 4.12. The van der Waals surface area contributed by atoms with E-state index in [1.165, 1.54) is 51.4 Å². The summed E-state index contributed by atoms with van der Waals surface area (Å²) in [7, 11) is 2.14. The van der Waals surface area contributed by atoms with Crippen LogP contribution in [0, 0.1) is 5.92 Å². The molecule has 1 aromatic carbocycles. The molecule has 2 aliphatic rings. The third-order valence-corrected chi connectivity index (χ3v) is 5.39. The standard InChI is InChI=1S/C19H29NO/c1-20-19(10-4-8-18-9-5-13-21-18)17-12-11-15-6-2-3-7-16(15)14-17/h2-3,6-7,17-20H,4-5,8-14H2,1H3. The zero-order valence-electron chi connectivity index (χ0n) is 13.3. The van der Waals surface area contributed by atoms with Gasteiger partial charge in [0.1, 0.15) is 0 Å². The Hall–Kier alpha value is -0.860. The normalized spacial score (nSPS) is 26.5. The first kappa shape index (κ1) is 15.1. The van der Waals surface area contributed by atoms with E-state index in [0.717, 1.165) is 12.5 Å². The predicted octanol–water partition coefficient (Wildman–Crippen LogP) is 3.73. The first-order valence-corrected chi connectivity index (χ1v) is 8.72. The van der Waals surface area contributed by atoms with Gasteiger partial charge in [0.15, 0.2) is 0 Å². The van der Waals surface area contributed by atoms with E-state index < -0.39 is 0 Å². The van der Waals surface area contributed by atoms with Crippen LogP contribution in [-0.4, -0.2) is 25.8 Å². The zero-order chi connectivity index (χ0) is 14.5. The molecule has 2 nitrogen and oxygen atoms in total. The summed E-state index contributed by atoms with van der Waals surface area (Å²) in [5, 5.41) is 3.59. The molecule has 3 atom stereocenters. The number of fused-ring (bicyclic) bond motifs is 1. The molecule has 2 heteroatoms. The second-order valence-electron chi connectivity index (χ2n) is 6.73. The molecule has 21 heavy (non-hydrogen) atoms. The molecule has 1 saturated heterocycles. The van der Waals surface area contributed by atoms with Gasteiger partial charge in [-0.1, -0.05) is 24.3 Å². The molecule has 1 aliphatic heterocycles. The van der Waals surface area contributed by atoms with Crippen molar-refractivity contribution in [3.8, 4) is 0 Å². The van der Waals surface area contributed by atoms with E-state index in [2.05, 4.69) is 36.6 Å². The molecule has 1 aromatic rings. The molecule has 0 radical (unpaired) electrons. The zero-order valence-corrected chi connectivity index (χ0v) is 13.3. The van der Waals surface area contributed by atoms with E-state index in [0.29, 0.717) is 12.1 Å². The number of hydrogen-bond acceptors (Lipinski definition) is 2. The number of rotatable bonds is 6. The van der Waals surface area contributed by atoms with Gasteiger partial charge in [0.2, 0.25) is 0 Å². The van der Waals surface area contributed by atoms with Crippen molar-refractivity contribution in [1.29, 1.82) is 0 Å². The second kappa shape index (κ2) is 7.42. The van der Waals surface area contributed by atoms with Crippen molar-refractivity contribution in [3.63, 3.8) is 0 Å². The Bertz CT molecular complexity index is 439. The molecule has 0 amide bonds. The molecule has 116 valence electrons. The minimum absolute atomic E-state index is 0.551. The van der Waals surface area contributed by atoms with Gasteiger partial charge in [-0.05, 0) is 75.5 Å². The van der Waals surface area contributed by atoms with Gasteiger partial charge in [-0.25, -0.2) is 0 Å². The van der Waals surface area contributed by atoms with Crippen molar-refractivity contribution in [3.05, 3.63) is 35.4 Å². The Balaban J connectivity index is 1.49. The SMILES string of the molecule is CNC(CCCC1CCCO1)C1CCc2ccccc2C1. The largest absolute Gasteiger partial charge is 0.378 e. The van der Waals surface area contributed by atoms with Crippen LogP contribution in [-0.2, 0) is 17.6 Å². The highest BCUT2D eigenvalue weighted by Gasteiger charge is 2.25. The number of aryl methyl sites for hydroxylation is 1. The summed E-state index contributed by atoms with van der Waals surface area (Å²) in [6.07, 6.45) is 10.8. The maximum Gasteiger partial charge on any atom is 0.0576 e. The van der Waals surface area contributed by atoms with Gasteiger partial charge in [0, 0.05) is 12.6 Å². The van der Waals surface area contributed by atoms with Gasteiger partial charge < -0.3 is 10.1 Å². The average molecular weight is 287 g/mol. The smallest absolute Gasteiger partial charge is 0.0576 e. The van der Waals surface area contributed by atoms with E-state index in [-0.39, 0.29) is 0 Å². The number of nitrogens with one attached hydrogen (secondary N) is 1. The van der Waals surface area contributed by atoms with Crippen molar-refractivity contribution in [2.45, 2.75) is 63.5 Å². The number of benzene rings is 1. The molecule has 1 N–H and O–H groups in total. The first-order chi connectivity index (χ1) is 10.4. The molecule has 3 unspecified atom stereocenters. The van der Waals surface area contributed by atoms with Crippen LogP contribution in [0.1, 0.15) is 49.7 Å². The molecule has 1 fully saturated rings. The average Bonchev–Trinajstić information content (AvgIpc) is 3.04. The van der Waals surface area contributed by atoms with Gasteiger partial charge in [-0.2, -0.15) is 0 Å². The number of hydrogen-bond donors (Lipinski definition) is 1. The predicted molar refractivity (Wildman–Crippen MR) is 87.6 cm³/mol. The Morgan fingerprint density at radius 3 is 2.86 bits per heavy atom. The van der Waals surface area contributed by atoms with Crippen molar-refractivity contribution < 1.29 is 4.74 Å². The first-order valence-electron chi connectivity index (χ1n) is 8.72. The number of ether oxygens (including phenoxy) is 1. The summed E-state index contributed by atoms with van der Waals surface area (Å²) >= 11 is 0. The van der Waals surface area contributed by atoms with Crippen LogP contribution < -0.4 is 5.32 Å². The molecule has 0 saturated carbocycles. The minimum atomic E-state index is 0.551. The van der Waals surface area contributed by atoms with E-state index in [9.17, 15) is 0 Å². The molecule has 0 aromatic heterocycles. The lowest BCUT2D eigenvalue weighted by molar-refractivity contribution is 0.100. The topological polar surface area (TPSA) is 21.3 Å². The summed E-state index contributed by atoms with van der Waals surface area (Å²) < 4.78 is 5.74. The third-order valence-electron chi connectivity index (χ3n) is 5.39. The summed E-state index contributed by atoms with van der Waals surface area (Å²) in [6, 6.07) is 9.65. The summed E-state index contributed by atoms with van der Waals surface area (Å²) in [5.41, 5.74) is 3.15. The fraction of sp³-hybridized carbons (Fsp3) is 0.684. The van der Waals surface area contributed by atoms with Crippen LogP contribution in [0.5, 0.6) is 0 Å². The van der Waals surface area contributed by atoms with Crippen LogP contribution in [0.15, 0.2) is 24.3 Å². The lowest BCUT2D eigenvalue weighted by Crippen LogP contribution is -2.37. The van der Waals surface area contributed by atoms with E-state index in [4.69, 9.17) is 4.74 Å². The van der Waals surface area contributed by atoms with Gasteiger partial charge in [0.05, 0.1) is 6.10 Å². The quantitative estimate of drug-likeness (QED) is 0.861. The van der Waals surface area contributed by atoms with Gasteiger partial charge in [-0.15, -0.1) is 0 Å². The molecular formula is C19H29NO. The highest BCUT2D eigenvalue weighted by molar-refractivity contribution is 5.30. The molecular weight excluding hydrogens is 258 g/mol. The highest BCUT2D eigenvalue weighted by Crippen LogP contribution is 2.29. The van der Waals surface area contributed by atoms with E-state index in [1.807, 2.05) is 0 Å². The van der Waals surface area contributed by atoms with Crippen molar-refractivity contribution in [2.75, 3.05) is 13.7 Å². The van der Waals surface area contributed by atoms with E-state index >= 15 is 0 Å². The van der Waals surface area contributed by atoms with E-state index in [1.54, 1.807) is 11.1 Å². The van der Waals surface area contributed by atoms with Gasteiger partial charge >= 0.3 is 0 Å². The van der Waals surface area contributed by atoms with Crippen LogP contribution in [0.4, 0.5) is 0 Å². The van der Waals surface area contributed by atoms with Crippen LogP contribution >= 0.6 is 0 Å². The second-order valence-corrected chi connectivity index (χ2v) is 6.73. The Morgan fingerprint density at radius 2 is 2.10 bits per heavy atom. The third kappa shape index (κ3) is 3.87. The highest BCUT2D eigenvalue weighted by atomic mass is 16.5.